The van der Waals surface area contributed by atoms with Gasteiger partial charge in [-0.15, -0.1) is 21.5 Å². The molecule has 1 aliphatic rings. The summed E-state index contributed by atoms with van der Waals surface area (Å²) in [7, 11) is 1.67. The van der Waals surface area contributed by atoms with Crippen molar-refractivity contribution in [2.24, 2.45) is 10.7 Å². The number of nitrogens with zero attached hydrogens (tertiary/aromatic N) is 5. The van der Waals surface area contributed by atoms with E-state index in [0.717, 1.165) is 20.8 Å². The number of thiazole rings is 1. The van der Waals surface area contributed by atoms with E-state index in [0.29, 0.717) is 35.7 Å². The molecule has 3 aromatic rings. The van der Waals surface area contributed by atoms with Gasteiger partial charge in [0.15, 0.2) is 0 Å². The van der Waals surface area contributed by atoms with Crippen LogP contribution >= 0.6 is 22.9 Å². The van der Waals surface area contributed by atoms with Gasteiger partial charge in [-0.1, -0.05) is 11.6 Å². The Kier molecular flexibility index (Phi) is 5.71. The quantitative estimate of drug-likeness (QED) is 0.521. The first-order valence-corrected chi connectivity index (χ1v) is 10.6. The maximum atomic E-state index is 12.1. The van der Waals surface area contributed by atoms with E-state index in [2.05, 4.69) is 31.6 Å². The second-order valence-corrected chi connectivity index (χ2v) is 8.63. The molecule has 3 N–H and O–H groups in total. The van der Waals surface area contributed by atoms with Crippen molar-refractivity contribution in [1.29, 1.82) is 5.26 Å². The molecule has 1 aromatic carbocycles. The highest BCUT2D eigenvalue weighted by atomic mass is 35.5. The topological polar surface area (TPSA) is 143 Å². The second kappa shape index (κ2) is 8.45. The molecule has 1 fully saturated rings. The number of aliphatic imine (C=N–C) groups is 1. The number of benzene rings is 1. The zero-order valence-corrected chi connectivity index (χ0v) is 18.1. The minimum Gasteiger partial charge on any atom is -0.424 e. The van der Waals surface area contributed by atoms with Crippen molar-refractivity contribution in [2.75, 3.05) is 7.05 Å². The molecule has 0 saturated heterocycles. The summed E-state index contributed by atoms with van der Waals surface area (Å²) < 4.78 is 6.48. The molecule has 1 amide bonds. The number of carbonyl (C=O) groups is 1. The largest absolute Gasteiger partial charge is 0.424 e. The lowest BCUT2D eigenvalue weighted by atomic mass is 10.1. The lowest BCUT2D eigenvalue weighted by Crippen LogP contribution is -2.36. The third-order valence-electron chi connectivity index (χ3n) is 4.74. The van der Waals surface area contributed by atoms with Crippen molar-refractivity contribution >= 4 is 50.8 Å². The van der Waals surface area contributed by atoms with Gasteiger partial charge in [0.2, 0.25) is 17.7 Å². The molecule has 1 saturated carbocycles. The number of rotatable bonds is 7. The van der Waals surface area contributed by atoms with Gasteiger partial charge in [-0.05, 0) is 30.5 Å². The van der Waals surface area contributed by atoms with E-state index in [9.17, 15) is 4.79 Å². The van der Waals surface area contributed by atoms with E-state index in [4.69, 9.17) is 27.0 Å². The molecule has 1 aliphatic carbocycles. The fourth-order valence-electron chi connectivity index (χ4n) is 3.03. The number of nitrogens with one attached hydrogen (secondary N) is 1. The Morgan fingerprint density at radius 1 is 1.45 bits per heavy atom. The summed E-state index contributed by atoms with van der Waals surface area (Å²) in [5.41, 5.74) is 7.25. The molecule has 0 bridgehead atoms. The normalized spacial score (nSPS) is 15.3. The third kappa shape index (κ3) is 4.57. The average Bonchev–Trinajstić information content (AvgIpc) is 3.17. The fraction of sp³-hybridized carbons (Fsp3) is 0.300. The van der Waals surface area contributed by atoms with Crippen molar-refractivity contribution in [3.05, 3.63) is 45.7 Å². The number of nitriles is 1. The van der Waals surface area contributed by atoms with Gasteiger partial charge in [0.1, 0.15) is 22.5 Å². The third-order valence-corrected chi connectivity index (χ3v) is 6.03. The molecule has 9 nitrogen and oxygen atoms in total. The van der Waals surface area contributed by atoms with Crippen molar-refractivity contribution in [3.8, 4) is 6.07 Å². The highest BCUT2D eigenvalue weighted by molar-refractivity contribution is 7.18. The number of aromatic nitrogens is 3. The van der Waals surface area contributed by atoms with Gasteiger partial charge in [0, 0.05) is 25.0 Å². The van der Waals surface area contributed by atoms with Crippen LogP contribution in [0.1, 0.15) is 35.2 Å². The van der Waals surface area contributed by atoms with Crippen LogP contribution in [0.2, 0.25) is 5.02 Å². The van der Waals surface area contributed by atoms with Gasteiger partial charge in [-0.2, -0.15) is 5.26 Å². The first kappa shape index (κ1) is 21.0. The smallest absolute Gasteiger partial charge is 0.230 e. The maximum Gasteiger partial charge on any atom is 0.230 e. The molecule has 4 rings (SSSR count). The number of hydrogen-bond donors (Lipinski definition) is 2. The molecule has 0 radical (unpaired) electrons. The van der Waals surface area contributed by atoms with Crippen LogP contribution in [0.4, 0.5) is 0 Å². The molecule has 0 unspecified atom stereocenters. The number of amides is 1. The van der Waals surface area contributed by atoms with Crippen LogP contribution in [0.5, 0.6) is 0 Å². The van der Waals surface area contributed by atoms with E-state index in [-0.39, 0.29) is 18.2 Å². The van der Waals surface area contributed by atoms with Crippen LogP contribution in [0.15, 0.2) is 27.7 Å². The summed E-state index contributed by atoms with van der Waals surface area (Å²) in [6, 6.07) is 5.86. The van der Waals surface area contributed by atoms with Crippen molar-refractivity contribution < 1.29 is 9.21 Å². The van der Waals surface area contributed by atoms with E-state index < -0.39 is 5.54 Å². The summed E-state index contributed by atoms with van der Waals surface area (Å²) >= 11 is 7.88. The fourth-order valence-corrected chi connectivity index (χ4v) is 4.37. The summed E-state index contributed by atoms with van der Waals surface area (Å²) in [5, 5.41) is 20.9. The Bertz CT molecular complexity index is 1250. The number of nitrogens with two attached hydrogens (primary N) is 1. The molecular weight excluding hydrogens is 438 g/mol. The van der Waals surface area contributed by atoms with Crippen LogP contribution < -0.4 is 11.1 Å². The van der Waals surface area contributed by atoms with Crippen LogP contribution in [0.3, 0.4) is 0 Å². The molecule has 0 spiro atoms. The number of carbonyl (C=O) groups excluding carboxylic acids is 1. The highest BCUT2D eigenvalue weighted by Gasteiger charge is 2.44. The van der Waals surface area contributed by atoms with Crippen LogP contribution in [0, 0.1) is 11.3 Å². The Morgan fingerprint density at radius 2 is 2.23 bits per heavy atom. The monoisotopic (exact) mass is 455 g/mol. The highest BCUT2D eigenvalue weighted by Crippen LogP contribution is 2.34. The molecule has 0 aliphatic heterocycles. The average molecular weight is 456 g/mol. The van der Waals surface area contributed by atoms with Crippen molar-refractivity contribution in [2.45, 2.75) is 31.2 Å². The number of allylic oxidation sites excluding steroid dienone is 1. The number of fused-ring (bicyclic) bond motifs is 1. The standard InChI is InChI=1S/C20H18ClN7O2S/c1-24-9-12(8-22)11-4-13(21)19-14(5-11)31-18(25-19)7-17-28-27-16(30-17)6-15(29)26-20(10-23)2-3-20/h4-5,8-9H,2-3,6-7,22H2,1H3,(H,26,29). The van der Waals surface area contributed by atoms with Gasteiger partial charge in [-0.25, -0.2) is 4.98 Å². The zero-order valence-electron chi connectivity index (χ0n) is 16.6. The zero-order chi connectivity index (χ0) is 22.0. The molecule has 0 atom stereocenters. The van der Waals surface area contributed by atoms with Crippen LogP contribution in [0.25, 0.3) is 15.8 Å². The first-order chi connectivity index (χ1) is 14.9. The summed E-state index contributed by atoms with van der Waals surface area (Å²) in [6.07, 6.45) is 4.72. The molecule has 31 heavy (non-hydrogen) atoms. The van der Waals surface area contributed by atoms with Crippen molar-refractivity contribution in [3.63, 3.8) is 0 Å². The van der Waals surface area contributed by atoms with E-state index in [1.54, 1.807) is 19.3 Å². The summed E-state index contributed by atoms with van der Waals surface area (Å²) in [5.74, 6) is 0.229. The predicted molar refractivity (Wildman–Crippen MR) is 118 cm³/mol. The van der Waals surface area contributed by atoms with Gasteiger partial charge in [0.05, 0.1) is 22.2 Å². The van der Waals surface area contributed by atoms with Crippen molar-refractivity contribution in [1.82, 2.24) is 20.5 Å². The van der Waals surface area contributed by atoms with Gasteiger partial charge >= 0.3 is 0 Å². The Balaban J connectivity index is 1.48. The SMILES string of the molecule is CN=CC(=CN)c1cc(Cl)c2nc(Cc3nnc(CC(=O)NC4(C#N)CC4)o3)sc2c1. The Morgan fingerprint density at radius 3 is 2.90 bits per heavy atom. The second-order valence-electron chi connectivity index (χ2n) is 7.11. The lowest BCUT2D eigenvalue weighted by molar-refractivity contribution is -0.121. The van der Waals surface area contributed by atoms with E-state index in [1.165, 1.54) is 17.5 Å². The lowest BCUT2D eigenvalue weighted by Gasteiger charge is -2.06. The number of hydrogen-bond acceptors (Lipinski definition) is 9. The molecule has 2 heterocycles. The molecular formula is C20H18ClN7O2S. The first-order valence-electron chi connectivity index (χ1n) is 9.42. The Hall–Kier alpha value is -3.29. The molecule has 158 valence electrons. The van der Waals surface area contributed by atoms with Gasteiger partial charge in [-0.3, -0.25) is 9.79 Å². The predicted octanol–water partition coefficient (Wildman–Crippen LogP) is 2.64. The minimum atomic E-state index is -0.721. The van der Waals surface area contributed by atoms with Crippen LogP contribution in [-0.2, 0) is 17.6 Å². The molecule has 2 aromatic heterocycles. The minimum absolute atomic E-state index is 0.0708. The van der Waals surface area contributed by atoms with Gasteiger partial charge < -0.3 is 15.5 Å². The van der Waals surface area contributed by atoms with Gasteiger partial charge in [0.25, 0.3) is 0 Å². The molecule has 11 heteroatoms. The maximum absolute atomic E-state index is 12.1. The summed E-state index contributed by atoms with van der Waals surface area (Å²) in [6.45, 7) is 0. The number of halogens is 1. The Labute approximate surface area is 186 Å². The van der Waals surface area contributed by atoms with E-state index >= 15 is 0 Å². The summed E-state index contributed by atoms with van der Waals surface area (Å²) in [4.78, 5) is 20.7. The van der Waals surface area contributed by atoms with E-state index in [1.807, 2.05) is 6.07 Å². The van der Waals surface area contributed by atoms with Crippen LogP contribution in [-0.4, -0.2) is 39.9 Å².